The van der Waals surface area contributed by atoms with Gasteiger partial charge in [-0.05, 0) is 51.2 Å². The molecule has 4 rings (SSSR count). The molecule has 0 unspecified atom stereocenters. The Balaban J connectivity index is 1.78. The molecule has 0 saturated heterocycles. The molecule has 2 aromatic carbocycles. The lowest BCUT2D eigenvalue weighted by Crippen LogP contribution is -2.24. The maximum Gasteiger partial charge on any atom is 0.328 e. The molecule has 6 nitrogen and oxygen atoms in total. The lowest BCUT2D eigenvalue weighted by Gasteiger charge is -2.26. The average Bonchev–Trinajstić information content (AvgIpc) is 3.25. The van der Waals surface area contributed by atoms with Crippen LogP contribution in [0.15, 0.2) is 53.7 Å². The highest BCUT2D eigenvalue weighted by atomic mass is 16.1. The lowest BCUT2D eigenvalue weighted by atomic mass is 10.0. The largest absolute Gasteiger partial charge is 0.329 e. The molecule has 0 bridgehead atoms. The van der Waals surface area contributed by atoms with Crippen molar-refractivity contribution >= 4 is 11.0 Å². The van der Waals surface area contributed by atoms with Crippen LogP contribution in [0.1, 0.15) is 22.7 Å². The van der Waals surface area contributed by atoms with Crippen LogP contribution < -0.4 is 5.69 Å². The first kappa shape index (κ1) is 20.2. The van der Waals surface area contributed by atoms with Gasteiger partial charge in [-0.15, -0.1) is 0 Å². The summed E-state index contributed by atoms with van der Waals surface area (Å²) in [5.74, 6) is 0. The number of hydrogen-bond acceptors (Lipinski definition) is 3. The zero-order valence-electron chi connectivity index (χ0n) is 18.5. The van der Waals surface area contributed by atoms with E-state index in [0.29, 0.717) is 0 Å². The second kappa shape index (κ2) is 7.61. The summed E-state index contributed by atoms with van der Waals surface area (Å²) < 4.78 is 5.61. The van der Waals surface area contributed by atoms with Crippen LogP contribution in [-0.2, 0) is 20.6 Å². The first-order chi connectivity index (χ1) is 14.3. The minimum Gasteiger partial charge on any atom is -0.329 e. The van der Waals surface area contributed by atoms with Crippen molar-refractivity contribution in [1.82, 2.24) is 23.6 Å². The van der Waals surface area contributed by atoms with Crippen LogP contribution in [0.25, 0.3) is 22.3 Å². The molecule has 0 N–H and O–H groups in total. The number of rotatable bonds is 5. The van der Waals surface area contributed by atoms with Gasteiger partial charge >= 0.3 is 5.69 Å². The first-order valence-electron chi connectivity index (χ1n) is 10.2. The number of hydrogen-bond donors (Lipinski definition) is 0. The third-order valence-electron chi connectivity index (χ3n) is 6.06. The summed E-state index contributed by atoms with van der Waals surface area (Å²) in [4.78, 5) is 19.1. The number of likely N-dealkylation sites (N-methyl/N-ethyl adjacent to an activating group) is 1. The Bertz CT molecular complexity index is 1260. The fourth-order valence-electron chi connectivity index (χ4n) is 4.16. The van der Waals surface area contributed by atoms with Crippen LogP contribution in [0.4, 0.5) is 0 Å². The number of aromatic nitrogens is 4. The maximum absolute atomic E-state index is 12.4. The van der Waals surface area contributed by atoms with Crippen molar-refractivity contribution in [1.29, 1.82) is 0 Å². The molecule has 2 heterocycles. The van der Waals surface area contributed by atoms with E-state index in [1.165, 1.54) is 11.1 Å². The summed E-state index contributed by atoms with van der Waals surface area (Å²) in [5, 5.41) is 0. The van der Waals surface area contributed by atoms with E-state index in [9.17, 15) is 4.79 Å². The molecule has 0 aliphatic rings. The summed E-state index contributed by atoms with van der Waals surface area (Å²) in [6, 6.07) is 13.1. The molecule has 0 aliphatic carbocycles. The Morgan fingerprint density at radius 2 is 1.63 bits per heavy atom. The van der Waals surface area contributed by atoms with Gasteiger partial charge < -0.3 is 9.47 Å². The molecule has 2 aromatic heterocycles. The average molecular weight is 404 g/mol. The van der Waals surface area contributed by atoms with Gasteiger partial charge in [0, 0.05) is 26.2 Å². The van der Waals surface area contributed by atoms with E-state index < -0.39 is 0 Å². The van der Waals surface area contributed by atoms with Gasteiger partial charge in [0.25, 0.3) is 0 Å². The molecule has 156 valence electrons. The van der Waals surface area contributed by atoms with E-state index in [4.69, 9.17) is 0 Å². The van der Waals surface area contributed by atoms with Crippen LogP contribution >= 0.6 is 0 Å². The predicted molar refractivity (Wildman–Crippen MR) is 122 cm³/mol. The predicted octanol–water partition coefficient (Wildman–Crippen LogP) is 3.66. The SMILES string of the molecule is Cc1ccc([C@@H](Cn2cncc2-c2cc3c(cc2C)n(C)c(=O)n3C)N(C)C)cc1. The molecule has 6 heteroatoms. The zero-order chi connectivity index (χ0) is 21.6. The molecule has 0 saturated carbocycles. The highest BCUT2D eigenvalue weighted by Crippen LogP contribution is 2.30. The summed E-state index contributed by atoms with van der Waals surface area (Å²) in [6.45, 7) is 4.99. The van der Waals surface area contributed by atoms with E-state index in [1.54, 1.807) is 9.13 Å². The van der Waals surface area contributed by atoms with E-state index >= 15 is 0 Å². The third kappa shape index (κ3) is 3.37. The van der Waals surface area contributed by atoms with E-state index in [1.807, 2.05) is 26.6 Å². The van der Waals surface area contributed by atoms with Crippen molar-refractivity contribution in [2.75, 3.05) is 14.1 Å². The van der Waals surface area contributed by atoms with Gasteiger partial charge in [0.1, 0.15) is 0 Å². The molecule has 0 spiro atoms. The van der Waals surface area contributed by atoms with Crippen molar-refractivity contribution in [3.63, 3.8) is 0 Å². The number of benzene rings is 2. The summed E-state index contributed by atoms with van der Waals surface area (Å²) in [6.07, 6.45) is 3.81. The van der Waals surface area contributed by atoms with Crippen LogP contribution in [0.2, 0.25) is 0 Å². The van der Waals surface area contributed by atoms with Gasteiger partial charge in [0.2, 0.25) is 0 Å². The normalized spacial score (nSPS) is 12.8. The van der Waals surface area contributed by atoms with Crippen LogP contribution in [-0.4, -0.2) is 37.7 Å². The molecule has 0 fully saturated rings. The topological polar surface area (TPSA) is 48.0 Å². The van der Waals surface area contributed by atoms with Crippen molar-refractivity contribution < 1.29 is 0 Å². The standard InChI is InChI=1S/C24H29N5O/c1-16-7-9-18(10-8-16)23(26(3)4)14-29-15-25-13-22(29)19-12-21-20(11-17(19)2)27(5)24(30)28(21)6/h7-13,15,23H,14H2,1-6H3/t23-/m1/s1. The van der Waals surface area contributed by atoms with Crippen molar-refractivity contribution in [3.05, 3.63) is 76.1 Å². The van der Waals surface area contributed by atoms with Crippen molar-refractivity contribution in [2.24, 2.45) is 14.1 Å². The Hall–Kier alpha value is -3.12. The fraction of sp³-hybridized carbons (Fsp3) is 0.333. The number of imidazole rings is 2. The van der Waals surface area contributed by atoms with Crippen molar-refractivity contribution in [2.45, 2.75) is 26.4 Å². The molecule has 0 amide bonds. The Kier molecular flexibility index (Phi) is 5.12. The Morgan fingerprint density at radius 1 is 1.00 bits per heavy atom. The molecule has 1 atom stereocenters. The highest BCUT2D eigenvalue weighted by molar-refractivity contribution is 5.84. The van der Waals surface area contributed by atoms with E-state index in [2.05, 4.69) is 78.8 Å². The summed E-state index contributed by atoms with van der Waals surface area (Å²) in [5.41, 5.74) is 7.69. The number of fused-ring (bicyclic) bond motifs is 1. The van der Waals surface area contributed by atoms with Gasteiger partial charge in [0.15, 0.2) is 0 Å². The molecular weight excluding hydrogens is 374 g/mol. The Morgan fingerprint density at radius 3 is 2.27 bits per heavy atom. The fourth-order valence-corrected chi connectivity index (χ4v) is 4.16. The van der Waals surface area contributed by atoms with E-state index in [0.717, 1.165) is 34.4 Å². The molecule has 0 radical (unpaired) electrons. The quantitative estimate of drug-likeness (QED) is 0.511. The zero-order valence-corrected chi connectivity index (χ0v) is 18.5. The van der Waals surface area contributed by atoms with Crippen LogP contribution in [0.5, 0.6) is 0 Å². The minimum atomic E-state index is -0.0119. The second-order valence-corrected chi connectivity index (χ2v) is 8.38. The summed E-state index contributed by atoms with van der Waals surface area (Å²) in [7, 11) is 7.86. The number of nitrogens with zero attached hydrogens (tertiary/aromatic N) is 5. The monoisotopic (exact) mass is 403 g/mol. The van der Waals surface area contributed by atoms with Gasteiger partial charge in [-0.2, -0.15) is 0 Å². The third-order valence-corrected chi connectivity index (χ3v) is 6.06. The van der Waals surface area contributed by atoms with Gasteiger partial charge in [-0.3, -0.25) is 9.13 Å². The highest BCUT2D eigenvalue weighted by Gasteiger charge is 2.19. The van der Waals surface area contributed by atoms with Gasteiger partial charge in [-0.1, -0.05) is 29.8 Å². The maximum atomic E-state index is 12.4. The second-order valence-electron chi connectivity index (χ2n) is 8.38. The minimum absolute atomic E-state index is 0.0119. The van der Waals surface area contributed by atoms with Crippen LogP contribution in [0.3, 0.4) is 0 Å². The summed E-state index contributed by atoms with van der Waals surface area (Å²) >= 11 is 0. The van der Waals surface area contributed by atoms with Crippen LogP contribution in [0, 0.1) is 13.8 Å². The molecule has 0 aliphatic heterocycles. The molecule has 4 aromatic rings. The van der Waals surface area contributed by atoms with E-state index in [-0.39, 0.29) is 11.7 Å². The number of aryl methyl sites for hydroxylation is 4. The van der Waals surface area contributed by atoms with Gasteiger partial charge in [-0.25, -0.2) is 9.78 Å². The van der Waals surface area contributed by atoms with Gasteiger partial charge in [0.05, 0.1) is 35.3 Å². The lowest BCUT2D eigenvalue weighted by molar-refractivity contribution is 0.269. The first-order valence-corrected chi connectivity index (χ1v) is 10.2. The smallest absolute Gasteiger partial charge is 0.328 e. The molecular formula is C24H29N5O. The van der Waals surface area contributed by atoms with Crippen molar-refractivity contribution in [3.8, 4) is 11.3 Å². The Labute approximate surface area is 177 Å². The molecule has 30 heavy (non-hydrogen) atoms.